The summed E-state index contributed by atoms with van der Waals surface area (Å²) in [5.74, 6) is 1.91. The first-order valence-corrected chi connectivity index (χ1v) is 11.9. The smallest absolute Gasteiger partial charge is 0.262 e. The molecule has 1 amide bonds. The van der Waals surface area contributed by atoms with Crippen molar-refractivity contribution in [2.24, 2.45) is 0 Å². The highest BCUT2D eigenvalue weighted by Gasteiger charge is 2.24. The predicted molar refractivity (Wildman–Crippen MR) is 135 cm³/mol. The summed E-state index contributed by atoms with van der Waals surface area (Å²) in [6.07, 6.45) is 3.42. The molecule has 0 unspecified atom stereocenters. The van der Waals surface area contributed by atoms with E-state index >= 15 is 0 Å². The van der Waals surface area contributed by atoms with Crippen LogP contribution in [0.15, 0.2) is 59.7 Å². The highest BCUT2D eigenvalue weighted by molar-refractivity contribution is 7.71. The molecule has 2 aromatic carbocycles. The summed E-state index contributed by atoms with van der Waals surface area (Å²) in [4.78, 5) is 42.0. The zero-order valence-electron chi connectivity index (χ0n) is 19.2. The van der Waals surface area contributed by atoms with Crippen LogP contribution in [0.4, 0.5) is 5.95 Å². The number of piperazine rings is 1. The topological polar surface area (TPSA) is 106 Å². The molecule has 0 bridgehead atoms. The van der Waals surface area contributed by atoms with Crippen molar-refractivity contribution in [1.82, 2.24) is 24.4 Å². The van der Waals surface area contributed by atoms with Gasteiger partial charge in [-0.1, -0.05) is 6.07 Å². The van der Waals surface area contributed by atoms with E-state index in [1.54, 1.807) is 41.6 Å². The Kier molecular flexibility index (Phi) is 5.61. The Labute approximate surface area is 210 Å². The quantitative estimate of drug-likeness (QED) is 0.425. The Balaban J connectivity index is 1.22. The van der Waals surface area contributed by atoms with Gasteiger partial charge in [0.1, 0.15) is 0 Å². The van der Waals surface area contributed by atoms with Crippen molar-refractivity contribution in [2.45, 2.75) is 6.54 Å². The van der Waals surface area contributed by atoms with Crippen LogP contribution in [0.1, 0.15) is 15.9 Å². The maximum atomic E-state index is 13.2. The van der Waals surface area contributed by atoms with Crippen LogP contribution in [-0.2, 0) is 6.54 Å². The summed E-state index contributed by atoms with van der Waals surface area (Å²) in [5, 5.41) is 0.465. The summed E-state index contributed by atoms with van der Waals surface area (Å²) in [7, 11) is 0. The van der Waals surface area contributed by atoms with Gasteiger partial charge < -0.3 is 24.3 Å². The molecular weight excluding hydrogens is 480 g/mol. The minimum Gasteiger partial charge on any atom is -0.454 e. The van der Waals surface area contributed by atoms with Crippen LogP contribution >= 0.6 is 12.2 Å². The van der Waals surface area contributed by atoms with Crippen LogP contribution in [0.3, 0.4) is 0 Å². The lowest BCUT2D eigenvalue weighted by atomic mass is 10.1. The highest BCUT2D eigenvalue weighted by Crippen LogP contribution is 2.32. The molecule has 0 atom stereocenters. The van der Waals surface area contributed by atoms with Crippen molar-refractivity contribution in [3.63, 3.8) is 0 Å². The predicted octanol–water partition coefficient (Wildman–Crippen LogP) is 2.59. The van der Waals surface area contributed by atoms with Crippen LogP contribution in [0.5, 0.6) is 11.5 Å². The third kappa shape index (κ3) is 4.07. The fourth-order valence-corrected chi connectivity index (χ4v) is 4.76. The molecule has 1 fully saturated rings. The second kappa shape index (κ2) is 9.08. The van der Waals surface area contributed by atoms with Crippen molar-refractivity contribution in [3.05, 3.63) is 81.1 Å². The van der Waals surface area contributed by atoms with Crippen molar-refractivity contribution >= 4 is 35.0 Å². The van der Waals surface area contributed by atoms with Crippen LogP contribution in [0.25, 0.3) is 10.9 Å². The molecule has 6 rings (SSSR count). The summed E-state index contributed by atoms with van der Waals surface area (Å²) >= 11 is 5.50. The van der Waals surface area contributed by atoms with E-state index < -0.39 is 0 Å². The zero-order chi connectivity index (χ0) is 24.6. The number of benzene rings is 2. The molecule has 0 saturated carbocycles. The fraction of sp³-hybridized carbons (Fsp3) is 0.240. The van der Waals surface area contributed by atoms with Gasteiger partial charge in [0.15, 0.2) is 16.3 Å². The summed E-state index contributed by atoms with van der Waals surface area (Å²) in [6, 6.07) is 12.4. The lowest BCUT2D eigenvalue weighted by Crippen LogP contribution is -2.49. The van der Waals surface area contributed by atoms with Crippen molar-refractivity contribution in [1.29, 1.82) is 0 Å². The van der Waals surface area contributed by atoms with E-state index in [0.29, 0.717) is 60.1 Å². The number of anilines is 1. The van der Waals surface area contributed by atoms with E-state index in [0.717, 1.165) is 5.56 Å². The minimum absolute atomic E-state index is 0.0885. The third-order valence-corrected chi connectivity index (χ3v) is 6.73. The normalized spacial score (nSPS) is 14.9. The van der Waals surface area contributed by atoms with Crippen LogP contribution in [0, 0.1) is 4.77 Å². The van der Waals surface area contributed by atoms with Crippen molar-refractivity contribution in [3.8, 4) is 11.5 Å². The van der Waals surface area contributed by atoms with E-state index in [-0.39, 0.29) is 29.6 Å². The van der Waals surface area contributed by atoms with Gasteiger partial charge in [-0.3, -0.25) is 14.2 Å². The SMILES string of the molecule is O=C(c1ccc2c(=O)n(Cc3ccc4c(c3)OCO4)c(=S)[nH]c2c1)N1CCN(c2ncccn2)CC1. The van der Waals surface area contributed by atoms with Crippen molar-refractivity contribution in [2.75, 3.05) is 37.9 Å². The number of hydrogen-bond acceptors (Lipinski definition) is 8. The van der Waals surface area contributed by atoms with Gasteiger partial charge in [0.2, 0.25) is 12.7 Å². The maximum Gasteiger partial charge on any atom is 0.262 e. The average molecular weight is 503 g/mol. The lowest BCUT2D eigenvalue weighted by Gasteiger charge is -2.34. The average Bonchev–Trinajstić information content (AvgIpc) is 3.39. The Hall–Kier alpha value is -4.25. The van der Waals surface area contributed by atoms with E-state index in [4.69, 9.17) is 21.7 Å². The number of nitrogens with zero attached hydrogens (tertiary/aromatic N) is 5. The van der Waals surface area contributed by atoms with E-state index in [1.807, 2.05) is 18.2 Å². The van der Waals surface area contributed by atoms with Gasteiger partial charge >= 0.3 is 0 Å². The molecule has 36 heavy (non-hydrogen) atoms. The third-order valence-electron chi connectivity index (χ3n) is 6.41. The number of amides is 1. The molecule has 4 heterocycles. The number of ether oxygens (including phenoxy) is 2. The second-order valence-electron chi connectivity index (χ2n) is 8.60. The Morgan fingerprint density at radius 1 is 1.00 bits per heavy atom. The van der Waals surface area contributed by atoms with Gasteiger partial charge in [-0.25, -0.2) is 9.97 Å². The van der Waals surface area contributed by atoms with Crippen LogP contribution < -0.4 is 19.9 Å². The maximum absolute atomic E-state index is 13.2. The molecule has 2 aliphatic rings. The molecule has 11 heteroatoms. The minimum atomic E-state index is -0.220. The first kappa shape index (κ1) is 22.2. The molecule has 10 nitrogen and oxygen atoms in total. The van der Waals surface area contributed by atoms with Gasteiger partial charge in [0, 0.05) is 44.1 Å². The molecular formula is C25H22N6O4S. The van der Waals surface area contributed by atoms with Gasteiger partial charge in [-0.2, -0.15) is 0 Å². The number of H-pyrrole nitrogens is 1. The highest BCUT2D eigenvalue weighted by atomic mass is 32.1. The second-order valence-corrected chi connectivity index (χ2v) is 8.98. The monoisotopic (exact) mass is 502 g/mol. The first-order valence-electron chi connectivity index (χ1n) is 11.5. The van der Waals surface area contributed by atoms with Gasteiger partial charge in [-0.15, -0.1) is 0 Å². The molecule has 2 aromatic heterocycles. The molecule has 4 aromatic rings. The van der Waals surface area contributed by atoms with E-state index in [2.05, 4.69) is 19.9 Å². The van der Waals surface area contributed by atoms with Crippen LogP contribution in [-0.4, -0.2) is 63.3 Å². The summed E-state index contributed by atoms with van der Waals surface area (Å²) < 4.78 is 12.6. The van der Waals surface area contributed by atoms with Gasteiger partial charge in [-0.05, 0) is 54.2 Å². The van der Waals surface area contributed by atoms with Gasteiger partial charge in [0.05, 0.1) is 17.4 Å². The Morgan fingerprint density at radius 2 is 1.78 bits per heavy atom. The number of nitrogens with one attached hydrogen (secondary N) is 1. The number of hydrogen-bond donors (Lipinski definition) is 1. The van der Waals surface area contributed by atoms with Crippen LogP contribution in [0.2, 0.25) is 0 Å². The molecule has 182 valence electrons. The molecule has 0 spiro atoms. The number of carbonyl (C=O) groups excluding carboxylic acids is 1. The largest absolute Gasteiger partial charge is 0.454 e. The van der Waals surface area contributed by atoms with Crippen molar-refractivity contribution < 1.29 is 14.3 Å². The Morgan fingerprint density at radius 3 is 2.58 bits per heavy atom. The van der Waals surface area contributed by atoms with E-state index in [9.17, 15) is 9.59 Å². The number of rotatable bonds is 4. The van der Waals surface area contributed by atoms with E-state index in [1.165, 1.54) is 4.57 Å². The fourth-order valence-electron chi connectivity index (χ4n) is 4.50. The molecule has 1 saturated heterocycles. The molecule has 0 aliphatic carbocycles. The summed E-state index contributed by atoms with van der Waals surface area (Å²) in [6.45, 7) is 2.89. The summed E-state index contributed by atoms with van der Waals surface area (Å²) in [5.41, 5.74) is 1.69. The molecule has 1 N–H and O–H groups in total. The standard InChI is InChI=1S/C25H22N6O4S/c32-22(29-8-10-30(11-9-29)24-26-6-1-7-27-24)17-3-4-18-19(13-17)28-25(36)31(23(18)33)14-16-2-5-20-21(12-16)35-15-34-20/h1-7,12-13H,8-11,14-15H2,(H,28,36). The van der Waals surface area contributed by atoms with Gasteiger partial charge in [0.25, 0.3) is 11.5 Å². The molecule has 2 aliphatic heterocycles. The molecule has 0 radical (unpaired) electrons. The lowest BCUT2D eigenvalue weighted by molar-refractivity contribution is 0.0746. The number of carbonyl (C=O) groups is 1. The number of aromatic amines is 1. The first-order chi connectivity index (χ1) is 17.6. The number of fused-ring (bicyclic) bond motifs is 2. The zero-order valence-corrected chi connectivity index (χ0v) is 20.0. The number of aromatic nitrogens is 4. The Bertz CT molecular complexity index is 1580.